The largest absolute Gasteiger partial charge is 0.496 e. The van der Waals surface area contributed by atoms with Gasteiger partial charge < -0.3 is 14.7 Å². The molecule has 20 heavy (non-hydrogen) atoms. The fourth-order valence-electron chi connectivity index (χ4n) is 3.26. The number of aliphatic hydroxyl groups excluding tert-OH is 1. The van der Waals surface area contributed by atoms with Crippen molar-refractivity contribution >= 4 is 5.69 Å². The van der Waals surface area contributed by atoms with Gasteiger partial charge in [0.25, 0.3) is 0 Å². The lowest BCUT2D eigenvalue weighted by molar-refractivity contribution is 0.194. The minimum Gasteiger partial charge on any atom is -0.496 e. The maximum atomic E-state index is 10.1. The molecule has 0 spiro atoms. The third-order valence-corrected chi connectivity index (χ3v) is 4.59. The van der Waals surface area contributed by atoms with Crippen molar-refractivity contribution in [3.8, 4) is 5.75 Å². The molecule has 0 amide bonds. The first-order valence-corrected chi connectivity index (χ1v) is 7.62. The second kappa shape index (κ2) is 6.49. The van der Waals surface area contributed by atoms with Crippen LogP contribution < -0.4 is 9.64 Å². The zero-order chi connectivity index (χ0) is 14.7. The minimum atomic E-state index is -0.522. The summed E-state index contributed by atoms with van der Waals surface area (Å²) in [6.45, 7) is 4.14. The van der Waals surface area contributed by atoms with Gasteiger partial charge in [0.2, 0.25) is 0 Å². The van der Waals surface area contributed by atoms with Crippen LogP contribution in [0.2, 0.25) is 0 Å². The van der Waals surface area contributed by atoms with Crippen LogP contribution in [0.5, 0.6) is 5.75 Å². The van der Waals surface area contributed by atoms with Gasteiger partial charge in [0.05, 0.1) is 13.2 Å². The second-order valence-electron chi connectivity index (χ2n) is 6.09. The molecule has 0 bridgehead atoms. The highest BCUT2D eigenvalue weighted by atomic mass is 16.5. The van der Waals surface area contributed by atoms with Crippen LogP contribution >= 0.6 is 0 Å². The van der Waals surface area contributed by atoms with Crippen LogP contribution in [0.1, 0.15) is 51.2 Å². The number of nitrogens with zero attached hydrogens (tertiary/aromatic N) is 1. The van der Waals surface area contributed by atoms with Crippen LogP contribution in [0.3, 0.4) is 0 Å². The van der Waals surface area contributed by atoms with E-state index in [4.69, 9.17) is 4.74 Å². The Labute approximate surface area is 122 Å². The molecule has 0 saturated heterocycles. The van der Waals surface area contributed by atoms with Gasteiger partial charge in [0, 0.05) is 24.3 Å². The molecule has 0 radical (unpaired) electrons. The number of rotatable bonds is 4. The molecule has 3 nitrogen and oxygen atoms in total. The first kappa shape index (κ1) is 15.2. The zero-order valence-electron chi connectivity index (χ0n) is 13.1. The maximum Gasteiger partial charge on any atom is 0.126 e. The number of benzene rings is 1. The lowest BCUT2D eigenvalue weighted by atomic mass is 9.86. The Bertz CT molecular complexity index is 437. The molecule has 0 aromatic heterocycles. The average molecular weight is 277 g/mol. The molecular formula is C17H27NO2. The predicted molar refractivity (Wildman–Crippen MR) is 83.5 cm³/mol. The van der Waals surface area contributed by atoms with E-state index in [2.05, 4.69) is 24.9 Å². The molecule has 1 saturated carbocycles. The summed E-state index contributed by atoms with van der Waals surface area (Å²) >= 11 is 0. The molecule has 1 aliphatic carbocycles. The van der Waals surface area contributed by atoms with Crippen LogP contribution in [0.15, 0.2) is 18.2 Å². The maximum absolute atomic E-state index is 10.1. The summed E-state index contributed by atoms with van der Waals surface area (Å²) in [4.78, 5) is 2.33. The van der Waals surface area contributed by atoms with Crippen molar-refractivity contribution in [2.75, 3.05) is 19.1 Å². The van der Waals surface area contributed by atoms with Crippen molar-refractivity contribution in [2.24, 2.45) is 5.92 Å². The van der Waals surface area contributed by atoms with Crippen molar-refractivity contribution in [1.29, 1.82) is 0 Å². The first-order chi connectivity index (χ1) is 9.54. The molecule has 1 aromatic carbocycles. The Morgan fingerprint density at radius 3 is 2.45 bits per heavy atom. The van der Waals surface area contributed by atoms with Crippen LogP contribution in [0.4, 0.5) is 5.69 Å². The molecule has 3 heteroatoms. The van der Waals surface area contributed by atoms with Crippen LogP contribution in [0, 0.1) is 5.92 Å². The van der Waals surface area contributed by atoms with Gasteiger partial charge in [-0.3, -0.25) is 0 Å². The van der Waals surface area contributed by atoms with E-state index in [1.54, 1.807) is 14.0 Å². The van der Waals surface area contributed by atoms with Crippen molar-refractivity contribution in [1.82, 2.24) is 0 Å². The lowest BCUT2D eigenvalue weighted by Gasteiger charge is -2.36. The predicted octanol–water partition coefficient (Wildman–Crippen LogP) is 3.76. The Morgan fingerprint density at radius 1 is 1.25 bits per heavy atom. The van der Waals surface area contributed by atoms with Gasteiger partial charge in [0.15, 0.2) is 0 Å². The van der Waals surface area contributed by atoms with Gasteiger partial charge in [-0.25, -0.2) is 0 Å². The van der Waals surface area contributed by atoms with Gasteiger partial charge in [-0.15, -0.1) is 0 Å². The highest BCUT2D eigenvalue weighted by molar-refractivity contribution is 5.60. The van der Waals surface area contributed by atoms with E-state index in [0.717, 1.165) is 22.9 Å². The third kappa shape index (κ3) is 3.09. The Morgan fingerprint density at radius 2 is 1.90 bits per heavy atom. The smallest absolute Gasteiger partial charge is 0.126 e. The van der Waals surface area contributed by atoms with E-state index in [0.29, 0.717) is 6.04 Å². The summed E-state index contributed by atoms with van der Waals surface area (Å²) in [7, 11) is 3.80. The van der Waals surface area contributed by atoms with Crippen LogP contribution in [-0.2, 0) is 0 Å². The van der Waals surface area contributed by atoms with Crippen molar-refractivity contribution in [3.05, 3.63) is 23.8 Å². The normalized spacial score (nSPS) is 24.2. The molecule has 1 fully saturated rings. The molecule has 1 N–H and O–H groups in total. The summed E-state index contributed by atoms with van der Waals surface area (Å²) in [5.41, 5.74) is 2.00. The number of hydrogen-bond acceptors (Lipinski definition) is 3. The van der Waals surface area contributed by atoms with E-state index in [-0.39, 0.29) is 0 Å². The third-order valence-electron chi connectivity index (χ3n) is 4.59. The van der Waals surface area contributed by atoms with E-state index < -0.39 is 6.10 Å². The lowest BCUT2D eigenvalue weighted by Crippen LogP contribution is -2.35. The molecule has 0 heterocycles. The number of methoxy groups -OCH3 is 1. The molecule has 1 aromatic rings. The molecule has 112 valence electrons. The molecule has 2 rings (SSSR count). The van der Waals surface area contributed by atoms with E-state index in [1.807, 2.05) is 12.1 Å². The topological polar surface area (TPSA) is 32.7 Å². The number of anilines is 1. The average Bonchev–Trinajstić information content (AvgIpc) is 2.46. The fourth-order valence-corrected chi connectivity index (χ4v) is 3.26. The number of ether oxygens (including phenoxy) is 1. The fraction of sp³-hybridized carbons (Fsp3) is 0.647. The van der Waals surface area contributed by atoms with Gasteiger partial charge in [-0.1, -0.05) is 13.0 Å². The van der Waals surface area contributed by atoms with E-state index in [1.165, 1.54) is 25.7 Å². The van der Waals surface area contributed by atoms with Crippen molar-refractivity contribution in [3.63, 3.8) is 0 Å². The van der Waals surface area contributed by atoms with Gasteiger partial charge in [0.1, 0.15) is 5.75 Å². The van der Waals surface area contributed by atoms with Gasteiger partial charge in [-0.05, 0) is 50.7 Å². The molecular weight excluding hydrogens is 250 g/mol. The Kier molecular flexibility index (Phi) is 4.92. The molecule has 1 atom stereocenters. The first-order valence-electron chi connectivity index (χ1n) is 7.62. The number of aliphatic hydroxyl groups is 1. The molecule has 0 unspecified atom stereocenters. The van der Waals surface area contributed by atoms with Crippen LogP contribution in [0.25, 0.3) is 0 Å². The van der Waals surface area contributed by atoms with Crippen molar-refractivity contribution < 1.29 is 9.84 Å². The summed E-state index contributed by atoms with van der Waals surface area (Å²) in [5.74, 6) is 1.62. The Balaban J connectivity index is 2.27. The molecule has 1 aliphatic rings. The van der Waals surface area contributed by atoms with Gasteiger partial charge >= 0.3 is 0 Å². The summed E-state index contributed by atoms with van der Waals surface area (Å²) in [6, 6.07) is 6.57. The zero-order valence-corrected chi connectivity index (χ0v) is 13.1. The number of hydrogen-bond donors (Lipinski definition) is 1. The summed E-state index contributed by atoms with van der Waals surface area (Å²) < 4.78 is 5.42. The minimum absolute atomic E-state index is 0.522. The Hall–Kier alpha value is -1.22. The summed E-state index contributed by atoms with van der Waals surface area (Å²) in [6.07, 6.45) is 4.53. The van der Waals surface area contributed by atoms with Gasteiger partial charge in [-0.2, -0.15) is 0 Å². The highest BCUT2D eigenvalue weighted by Gasteiger charge is 2.25. The highest BCUT2D eigenvalue weighted by Crippen LogP contribution is 2.37. The quantitative estimate of drug-likeness (QED) is 0.909. The van der Waals surface area contributed by atoms with E-state index in [9.17, 15) is 5.11 Å². The van der Waals surface area contributed by atoms with E-state index >= 15 is 0 Å². The second-order valence-corrected chi connectivity index (χ2v) is 6.09. The standard InChI is InChI=1S/C17H27NO2/c1-12-8-10-14(11-9-12)18(3)15-6-5-7-16(20-4)17(15)13(2)19/h5-7,12-14,19H,8-11H2,1-4H3/t12?,13-,14?/m0/s1. The molecule has 0 aliphatic heterocycles. The van der Waals surface area contributed by atoms with Crippen molar-refractivity contribution in [2.45, 2.75) is 51.7 Å². The summed E-state index contributed by atoms with van der Waals surface area (Å²) in [5, 5.41) is 10.1. The SMILES string of the molecule is COc1cccc(N(C)C2CCC(C)CC2)c1[C@H](C)O. The monoisotopic (exact) mass is 277 g/mol. The van der Waals surface area contributed by atoms with Crippen LogP contribution in [-0.4, -0.2) is 25.3 Å².